The first-order chi connectivity index (χ1) is 8.00. The maximum atomic E-state index is 11.1. The van der Waals surface area contributed by atoms with Crippen LogP contribution in [0.25, 0.3) is 0 Å². The molecule has 12 heteroatoms. The molecule has 2 N–H and O–H groups in total. The van der Waals surface area contributed by atoms with Gasteiger partial charge >= 0.3 is 5.82 Å². The molecule has 0 aliphatic heterocycles. The van der Waals surface area contributed by atoms with E-state index in [0.717, 1.165) is 17.1 Å². The summed E-state index contributed by atoms with van der Waals surface area (Å²) in [4.78, 5) is 8.82. The first-order valence-electron chi connectivity index (χ1n) is 4.43. The van der Waals surface area contributed by atoms with Crippen LogP contribution in [0.15, 0.2) is 11.1 Å². The summed E-state index contributed by atoms with van der Waals surface area (Å²) in [5.41, 5.74) is 0. The van der Waals surface area contributed by atoms with Crippen LogP contribution in [0.4, 0.5) is 5.82 Å². The van der Waals surface area contributed by atoms with Gasteiger partial charge in [0.05, 0.1) is 23.6 Å². The van der Waals surface area contributed by atoms with Crippen molar-refractivity contribution < 1.29 is 21.8 Å². The smallest absolute Gasteiger partial charge is 0.358 e. The molecule has 1 aromatic heterocycles. The van der Waals surface area contributed by atoms with E-state index in [1.54, 1.807) is 0 Å². The molecule has 0 radical (unpaired) electrons. The highest BCUT2D eigenvalue weighted by Crippen LogP contribution is 2.19. The Morgan fingerprint density at radius 1 is 1.44 bits per heavy atom. The molecule has 1 rings (SSSR count). The number of aryl methyl sites for hydroxylation is 1. The minimum absolute atomic E-state index is 0.199. The van der Waals surface area contributed by atoms with Gasteiger partial charge in [0.25, 0.3) is 0 Å². The Labute approximate surface area is 103 Å². The maximum Gasteiger partial charge on any atom is 0.410 e. The van der Waals surface area contributed by atoms with E-state index >= 15 is 0 Å². The molecule has 0 bridgehead atoms. The Hall–Kier alpha value is -1.53. The molecule has 0 unspecified atom stereocenters. The number of rotatable bonds is 5. The van der Waals surface area contributed by atoms with Crippen LogP contribution in [0.1, 0.15) is 0 Å². The average molecular weight is 298 g/mol. The number of nitro groups is 1. The Bertz CT molecular complexity index is 673. The number of sulfone groups is 1. The normalized spacial score (nSPS) is 12.6. The van der Waals surface area contributed by atoms with E-state index < -0.39 is 35.5 Å². The van der Waals surface area contributed by atoms with Crippen molar-refractivity contribution in [2.24, 2.45) is 5.14 Å². The lowest BCUT2D eigenvalue weighted by Crippen LogP contribution is -2.13. The van der Waals surface area contributed by atoms with Crippen molar-refractivity contribution in [1.29, 1.82) is 0 Å². The van der Waals surface area contributed by atoms with Gasteiger partial charge in [-0.05, 0) is 4.92 Å². The summed E-state index contributed by atoms with van der Waals surface area (Å²) in [7, 11) is -7.58. The summed E-state index contributed by atoms with van der Waals surface area (Å²) in [5, 5.41) is 18.7. The van der Waals surface area contributed by atoms with Gasteiger partial charge in [0.1, 0.15) is 9.84 Å². The molecule has 0 aliphatic rings. The van der Waals surface area contributed by atoms with Crippen molar-refractivity contribution in [3.8, 4) is 0 Å². The van der Waals surface area contributed by atoms with Crippen molar-refractivity contribution in [1.82, 2.24) is 9.78 Å². The van der Waals surface area contributed by atoms with Crippen LogP contribution in [-0.2, 0) is 26.4 Å². The van der Waals surface area contributed by atoms with Crippen molar-refractivity contribution in [2.75, 3.05) is 12.0 Å². The van der Waals surface area contributed by atoms with Crippen LogP contribution in [0, 0.1) is 10.1 Å². The van der Waals surface area contributed by atoms with E-state index in [1.807, 2.05) is 0 Å². The first-order valence-corrected chi connectivity index (χ1v) is 8.04. The fraction of sp³-hybridized carbons (Fsp3) is 0.500. The van der Waals surface area contributed by atoms with Gasteiger partial charge in [0.15, 0.2) is 0 Å². The molecule has 0 saturated carbocycles. The van der Waals surface area contributed by atoms with E-state index in [-0.39, 0.29) is 12.3 Å². The predicted octanol–water partition coefficient (Wildman–Crippen LogP) is -1.52. The second-order valence-electron chi connectivity index (χ2n) is 3.51. The number of nitrogens with two attached hydrogens (primary N) is 1. The molecule has 102 valence electrons. The van der Waals surface area contributed by atoms with Crippen molar-refractivity contribution in [2.45, 2.75) is 11.4 Å². The van der Waals surface area contributed by atoms with Crippen LogP contribution in [0.2, 0.25) is 0 Å². The van der Waals surface area contributed by atoms with Gasteiger partial charge in [-0.1, -0.05) is 0 Å². The Morgan fingerprint density at radius 2 is 2.00 bits per heavy atom. The predicted molar refractivity (Wildman–Crippen MR) is 60.0 cm³/mol. The molecule has 0 saturated heterocycles. The van der Waals surface area contributed by atoms with Crippen LogP contribution < -0.4 is 5.14 Å². The standard InChI is InChI=1S/C6H10N4O6S2/c1-17(13,14)3-2-9-4-5(18(7,15)16)6(8-9)10(11)12/h4H,2-3H2,1H3,(H2,7,15,16). The molecular formula is C6H10N4O6S2. The zero-order valence-electron chi connectivity index (χ0n) is 9.18. The van der Waals surface area contributed by atoms with E-state index in [2.05, 4.69) is 5.10 Å². The van der Waals surface area contributed by atoms with E-state index in [4.69, 9.17) is 5.14 Å². The Morgan fingerprint density at radius 3 is 2.33 bits per heavy atom. The lowest BCUT2D eigenvalue weighted by atomic mass is 10.6. The van der Waals surface area contributed by atoms with E-state index in [0.29, 0.717) is 0 Å². The van der Waals surface area contributed by atoms with Gasteiger partial charge in [-0.2, -0.15) is 4.68 Å². The quantitative estimate of drug-likeness (QED) is 0.511. The van der Waals surface area contributed by atoms with Crippen LogP contribution in [-0.4, -0.2) is 43.5 Å². The van der Waals surface area contributed by atoms with Crippen molar-refractivity contribution >= 4 is 25.7 Å². The van der Waals surface area contributed by atoms with Gasteiger partial charge in [0, 0.05) is 6.26 Å². The SMILES string of the molecule is CS(=O)(=O)CCn1cc(S(N)(=O)=O)c([N+](=O)[O-])n1. The average Bonchev–Trinajstić information content (AvgIpc) is 2.56. The summed E-state index contributed by atoms with van der Waals surface area (Å²) in [6.07, 6.45) is 1.81. The Balaban J connectivity index is 3.16. The molecule has 0 fully saturated rings. The van der Waals surface area contributed by atoms with Crippen molar-refractivity contribution in [3.63, 3.8) is 0 Å². The van der Waals surface area contributed by atoms with E-state index in [9.17, 15) is 26.9 Å². The monoisotopic (exact) mass is 298 g/mol. The van der Waals surface area contributed by atoms with Gasteiger partial charge < -0.3 is 10.1 Å². The third kappa shape index (κ3) is 3.75. The van der Waals surface area contributed by atoms with Crippen LogP contribution in [0.3, 0.4) is 0 Å². The lowest BCUT2D eigenvalue weighted by Gasteiger charge is -1.94. The number of hydrogen-bond donors (Lipinski definition) is 1. The highest BCUT2D eigenvalue weighted by molar-refractivity contribution is 7.90. The zero-order chi connectivity index (χ0) is 14.1. The first kappa shape index (κ1) is 14.5. The summed E-state index contributed by atoms with van der Waals surface area (Å²) >= 11 is 0. The van der Waals surface area contributed by atoms with E-state index in [1.165, 1.54) is 0 Å². The van der Waals surface area contributed by atoms with Gasteiger partial charge in [-0.3, -0.25) is 0 Å². The minimum atomic E-state index is -4.29. The fourth-order valence-electron chi connectivity index (χ4n) is 1.09. The molecule has 0 amide bonds. The topological polar surface area (TPSA) is 155 Å². The number of nitrogens with zero attached hydrogens (tertiary/aromatic N) is 3. The second kappa shape index (κ2) is 4.62. The van der Waals surface area contributed by atoms with Crippen LogP contribution >= 0.6 is 0 Å². The summed E-state index contributed by atoms with van der Waals surface area (Å²) < 4.78 is 44.8. The molecule has 0 aliphatic carbocycles. The van der Waals surface area contributed by atoms with Crippen LogP contribution in [0.5, 0.6) is 0 Å². The third-order valence-corrected chi connectivity index (χ3v) is 3.71. The molecule has 0 aromatic carbocycles. The lowest BCUT2D eigenvalue weighted by molar-refractivity contribution is -0.392. The number of aromatic nitrogens is 2. The van der Waals surface area contributed by atoms with Crippen molar-refractivity contribution in [3.05, 3.63) is 16.3 Å². The largest absolute Gasteiger partial charge is 0.410 e. The van der Waals surface area contributed by atoms with Gasteiger partial charge in [-0.25, -0.2) is 22.0 Å². The molecular weight excluding hydrogens is 288 g/mol. The molecule has 1 heterocycles. The Kier molecular flexibility index (Phi) is 3.73. The molecule has 10 nitrogen and oxygen atoms in total. The molecule has 0 spiro atoms. The maximum absolute atomic E-state index is 11.1. The molecule has 1 aromatic rings. The minimum Gasteiger partial charge on any atom is -0.358 e. The van der Waals surface area contributed by atoms with Gasteiger partial charge in [-0.15, -0.1) is 0 Å². The second-order valence-corrected chi connectivity index (χ2v) is 7.30. The number of sulfonamides is 1. The highest BCUT2D eigenvalue weighted by atomic mass is 32.2. The molecule has 0 atom stereocenters. The summed E-state index contributed by atoms with van der Waals surface area (Å²) in [6.45, 7) is -0.199. The van der Waals surface area contributed by atoms with Gasteiger partial charge in [0.2, 0.25) is 14.9 Å². The summed E-state index contributed by atoms with van der Waals surface area (Å²) in [5.74, 6) is -1.25. The highest BCUT2D eigenvalue weighted by Gasteiger charge is 2.28. The number of primary sulfonamides is 1. The third-order valence-electron chi connectivity index (χ3n) is 1.88. The fourth-order valence-corrected chi connectivity index (χ4v) is 2.25. The number of hydrogen-bond acceptors (Lipinski definition) is 7. The zero-order valence-corrected chi connectivity index (χ0v) is 10.8. The molecule has 18 heavy (non-hydrogen) atoms. The summed E-state index contributed by atoms with van der Waals surface area (Å²) in [6, 6.07) is 0.